The van der Waals surface area contributed by atoms with Crippen LogP contribution >= 0.6 is 11.3 Å². The van der Waals surface area contributed by atoms with Crippen LogP contribution in [0.1, 0.15) is 37.6 Å². The fraction of sp³-hybridized carbons (Fsp3) is 0.250. The number of hydrogen-bond donors (Lipinski definition) is 1. The third-order valence-electron chi connectivity index (χ3n) is 3.71. The zero-order valence-electron chi connectivity index (χ0n) is 11.4. The zero-order chi connectivity index (χ0) is 14.8. The Morgan fingerprint density at radius 2 is 2.10 bits per heavy atom. The molecule has 2 heterocycles. The highest BCUT2D eigenvalue weighted by molar-refractivity contribution is 7.12. The van der Waals surface area contributed by atoms with Gasteiger partial charge in [-0.05, 0) is 41.5 Å². The van der Waals surface area contributed by atoms with Gasteiger partial charge in [0.05, 0.1) is 0 Å². The average Bonchev–Trinajstić information content (AvgIpc) is 2.88. The number of fused-ring (bicyclic) bond motifs is 1. The molecule has 0 bridgehead atoms. The molecule has 1 aliphatic rings. The Hall–Kier alpha value is -2.14. The molecule has 1 aromatic heterocycles. The molecule has 0 aliphatic carbocycles. The highest BCUT2D eigenvalue weighted by Gasteiger charge is 2.23. The number of hydrogen-bond acceptors (Lipinski definition) is 3. The largest absolute Gasteiger partial charge is 0.477 e. The standard InChI is InChI=1S/C16H15NO3S/c18-15-13-6-2-1-4-11(13)5-3-8-17(15)10-12-7-9-21-14(12)16(19)20/h1-2,4,6-7,9H,3,5,8,10H2,(H,19,20). The Labute approximate surface area is 126 Å². The molecule has 0 unspecified atom stereocenters. The molecule has 0 spiro atoms. The summed E-state index contributed by atoms with van der Waals surface area (Å²) in [4.78, 5) is 25.9. The molecule has 1 aliphatic heterocycles. The molecule has 1 N–H and O–H groups in total. The van der Waals surface area contributed by atoms with Gasteiger partial charge in [0.25, 0.3) is 5.91 Å². The van der Waals surface area contributed by atoms with E-state index in [1.807, 2.05) is 24.3 Å². The Morgan fingerprint density at radius 3 is 2.90 bits per heavy atom. The smallest absolute Gasteiger partial charge is 0.346 e. The van der Waals surface area contributed by atoms with Crippen molar-refractivity contribution in [1.82, 2.24) is 4.90 Å². The summed E-state index contributed by atoms with van der Waals surface area (Å²) < 4.78 is 0. The van der Waals surface area contributed by atoms with Gasteiger partial charge in [0, 0.05) is 18.7 Å². The zero-order valence-corrected chi connectivity index (χ0v) is 12.2. The number of carbonyl (C=O) groups is 2. The molecule has 4 nitrogen and oxygen atoms in total. The van der Waals surface area contributed by atoms with Gasteiger partial charge in [-0.3, -0.25) is 4.79 Å². The average molecular weight is 301 g/mol. The molecule has 0 radical (unpaired) electrons. The van der Waals surface area contributed by atoms with Crippen molar-refractivity contribution < 1.29 is 14.7 Å². The highest BCUT2D eigenvalue weighted by atomic mass is 32.1. The van der Waals surface area contributed by atoms with Crippen molar-refractivity contribution in [2.45, 2.75) is 19.4 Å². The summed E-state index contributed by atoms with van der Waals surface area (Å²) in [6.45, 7) is 1.01. The van der Waals surface area contributed by atoms with Crippen molar-refractivity contribution in [3.63, 3.8) is 0 Å². The van der Waals surface area contributed by atoms with Crippen LogP contribution in [0.5, 0.6) is 0 Å². The third kappa shape index (κ3) is 2.69. The minimum Gasteiger partial charge on any atom is -0.477 e. The van der Waals surface area contributed by atoms with E-state index in [2.05, 4.69) is 0 Å². The monoisotopic (exact) mass is 301 g/mol. The van der Waals surface area contributed by atoms with Gasteiger partial charge in [-0.25, -0.2) is 4.79 Å². The van der Waals surface area contributed by atoms with E-state index in [-0.39, 0.29) is 5.91 Å². The van der Waals surface area contributed by atoms with Gasteiger partial charge in [0.1, 0.15) is 4.88 Å². The van der Waals surface area contributed by atoms with E-state index in [0.717, 1.165) is 24.0 Å². The maximum absolute atomic E-state index is 12.6. The van der Waals surface area contributed by atoms with Gasteiger partial charge in [0.15, 0.2) is 0 Å². The SMILES string of the molecule is O=C(O)c1sccc1CN1CCCc2ccccc2C1=O. The molecule has 5 heteroatoms. The molecule has 21 heavy (non-hydrogen) atoms. The summed E-state index contributed by atoms with van der Waals surface area (Å²) in [6, 6.07) is 9.45. The summed E-state index contributed by atoms with van der Waals surface area (Å²) in [5.41, 5.74) is 2.52. The van der Waals surface area contributed by atoms with Crippen molar-refractivity contribution in [3.8, 4) is 0 Å². The van der Waals surface area contributed by atoms with Gasteiger partial charge >= 0.3 is 5.97 Å². The number of benzene rings is 1. The quantitative estimate of drug-likeness (QED) is 0.948. The first-order valence-electron chi connectivity index (χ1n) is 6.83. The summed E-state index contributed by atoms with van der Waals surface area (Å²) >= 11 is 1.20. The number of aryl methyl sites for hydroxylation is 1. The summed E-state index contributed by atoms with van der Waals surface area (Å²) in [5.74, 6) is -0.937. The number of rotatable bonds is 3. The molecule has 0 saturated heterocycles. The molecule has 0 fully saturated rings. The Balaban J connectivity index is 1.88. The van der Waals surface area contributed by atoms with E-state index in [1.165, 1.54) is 11.3 Å². The lowest BCUT2D eigenvalue weighted by molar-refractivity contribution is 0.0688. The Bertz CT molecular complexity index is 692. The maximum atomic E-state index is 12.6. The van der Waals surface area contributed by atoms with E-state index in [4.69, 9.17) is 0 Å². The molecule has 1 aromatic carbocycles. The van der Waals surface area contributed by atoms with Gasteiger partial charge in [0.2, 0.25) is 0 Å². The van der Waals surface area contributed by atoms with Crippen LogP contribution in [-0.2, 0) is 13.0 Å². The number of carboxylic acid groups (broad SMARTS) is 1. The third-order valence-corrected chi connectivity index (χ3v) is 4.66. The van der Waals surface area contributed by atoms with Gasteiger partial charge in [-0.1, -0.05) is 18.2 Å². The first-order chi connectivity index (χ1) is 10.2. The van der Waals surface area contributed by atoms with E-state index in [9.17, 15) is 14.7 Å². The predicted molar refractivity (Wildman–Crippen MR) is 80.8 cm³/mol. The van der Waals surface area contributed by atoms with Crippen LogP contribution < -0.4 is 0 Å². The van der Waals surface area contributed by atoms with Gasteiger partial charge < -0.3 is 10.0 Å². The number of amides is 1. The molecule has 2 aromatic rings. The van der Waals surface area contributed by atoms with E-state index in [0.29, 0.717) is 23.5 Å². The van der Waals surface area contributed by atoms with Crippen LogP contribution in [0.4, 0.5) is 0 Å². The van der Waals surface area contributed by atoms with Crippen LogP contribution in [0.25, 0.3) is 0 Å². The molecule has 0 atom stereocenters. The number of aromatic carboxylic acids is 1. The number of thiophene rings is 1. The van der Waals surface area contributed by atoms with E-state index in [1.54, 1.807) is 16.3 Å². The predicted octanol–water partition coefficient (Wildman–Crippen LogP) is 3.03. The van der Waals surface area contributed by atoms with Crippen LogP contribution in [-0.4, -0.2) is 28.4 Å². The van der Waals surface area contributed by atoms with Crippen molar-refractivity contribution in [2.24, 2.45) is 0 Å². The first kappa shape index (κ1) is 13.8. The van der Waals surface area contributed by atoms with Gasteiger partial charge in [-0.2, -0.15) is 0 Å². The molecule has 108 valence electrons. The minimum absolute atomic E-state index is 0.00867. The second-order valence-corrected chi connectivity index (χ2v) is 5.98. The van der Waals surface area contributed by atoms with Gasteiger partial charge in [-0.15, -0.1) is 11.3 Å². The molecular weight excluding hydrogens is 286 g/mol. The second kappa shape index (κ2) is 5.69. The van der Waals surface area contributed by atoms with Crippen molar-refractivity contribution in [3.05, 3.63) is 57.3 Å². The fourth-order valence-corrected chi connectivity index (χ4v) is 3.44. The normalized spacial score (nSPS) is 14.7. The summed E-state index contributed by atoms with van der Waals surface area (Å²) in [6.07, 6.45) is 1.78. The second-order valence-electron chi connectivity index (χ2n) is 5.07. The topological polar surface area (TPSA) is 57.6 Å². The highest BCUT2D eigenvalue weighted by Crippen LogP contribution is 2.23. The lowest BCUT2D eigenvalue weighted by atomic mass is 10.0. The summed E-state index contributed by atoms with van der Waals surface area (Å²) in [7, 11) is 0. The van der Waals surface area contributed by atoms with Crippen LogP contribution in [0.2, 0.25) is 0 Å². The first-order valence-corrected chi connectivity index (χ1v) is 7.71. The van der Waals surface area contributed by atoms with Crippen LogP contribution in [0.15, 0.2) is 35.7 Å². The molecular formula is C16H15NO3S. The Kier molecular flexibility index (Phi) is 3.75. The number of carbonyl (C=O) groups excluding carboxylic acids is 1. The van der Waals surface area contributed by atoms with Crippen molar-refractivity contribution in [2.75, 3.05) is 6.54 Å². The fourth-order valence-electron chi connectivity index (χ4n) is 2.68. The lowest BCUT2D eigenvalue weighted by Crippen LogP contribution is -2.30. The molecule has 1 amide bonds. The number of nitrogens with zero attached hydrogens (tertiary/aromatic N) is 1. The molecule has 0 saturated carbocycles. The van der Waals surface area contributed by atoms with Crippen LogP contribution in [0.3, 0.4) is 0 Å². The molecule has 3 rings (SSSR count). The lowest BCUT2D eigenvalue weighted by Gasteiger charge is -2.20. The van der Waals surface area contributed by atoms with E-state index < -0.39 is 5.97 Å². The van der Waals surface area contributed by atoms with Crippen molar-refractivity contribution >= 4 is 23.2 Å². The van der Waals surface area contributed by atoms with Crippen molar-refractivity contribution in [1.29, 1.82) is 0 Å². The maximum Gasteiger partial charge on any atom is 0.346 e. The summed E-state index contributed by atoms with van der Waals surface area (Å²) in [5, 5.41) is 10.9. The Morgan fingerprint density at radius 1 is 1.29 bits per heavy atom. The minimum atomic E-state index is -0.928. The number of carboxylic acids is 1. The van der Waals surface area contributed by atoms with E-state index >= 15 is 0 Å². The van der Waals surface area contributed by atoms with Crippen LogP contribution in [0, 0.1) is 0 Å².